The molecule has 0 bridgehead atoms. The van der Waals surface area contributed by atoms with Gasteiger partial charge < -0.3 is 80.4 Å². The number of carbonyl (C=O) groups is 4. The summed E-state index contributed by atoms with van der Waals surface area (Å²) in [5, 5.41) is 89.4. The minimum atomic E-state index is -0.876. The van der Waals surface area contributed by atoms with Gasteiger partial charge in [0.05, 0.1) is 48.7 Å². The van der Waals surface area contributed by atoms with Crippen LogP contribution in [0.2, 0.25) is 0 Å². The summed E-state index contributed by atoms with van der Waals surface area (Å²) < 4.78 is 4.16. The summed E-state index contributed by atoms with van der Waals surface area (Å²) in [6.45, 7) is 1.08. The first kappa shape index (κ1) is 56.2. The maximum absolute atomic E-state index is 13.2. The Morgan fingerprint density at radius 1 is 0.451 bits per heavy atom. The van der Waals surface area contributed by atoms with E-state index in [0.29, 0.717) is 19.5 Å². The van der Waals surface area contributed by atoms with Crippen LogP contribution < -0.4 is 43.5 Å². The highest BCUT2D eigenvalue weighted by atomic mass is 16.3. The minimum Gasteiger partial charge on any atom is -0.502 e. The van der Waals surface area contributed by atoms with Gasteiger partial charge in [-0.1, -0.05) is 13.3 Å². The van der Waals surface area contributed by atoms with Crippen molar-refractivity contribution >= 4 is 23.6 Å². The van der Waals surface area contributed by atoms with Crippen molar-refractivity contribution in [3.05, 3.63) is 113 Å². The Bertz CT molecular complexity index is 2360. The van der Waals surface area contributed by atoms with Crippen molar-refractivity contribution in [2.75, 3.05) is 91.9 Å². The van der Waals surface area contributed by atoms with E-state index in [0.717, 1.165) is 18.3 Å². The molecule has 4 amide bonds. The number of aliphatic hydroxyl groups is 4. The lowest BCUT2D eigenvalue weighted by molar-refractivity contribution is 0.0931. The summed E-state index contributed by atoms with van der Waals surface area (Å²) in [7, 11) is 0. The Kier molecular flexibility index (Phi) is 22.0. The van der Waals surface area contributed by atoms with E-state index < -0.39 is 68.9 Å². The van der Waals surface area contributed by atoms with Crippen LogP contribution in [-0.2, 0) is 26.2 Å². The van der Waals surface area contributed by atoms with Crippen LogP contribution in [0.1, 0.15) is 54.8 Å². The quantitative estimate of drug-likeness (QED) is 0.0245. The van der Waals surface area contributed by atoms with Crippen LogP contribution in [0, 0.1) is 5.92 Å². The molecule has 0 aliphatic heterocycles. The normalized spacial score (nSPS) is 11.3. The lowest BCUT2D eigenvalue weighted by Crippen LogP contribution is -2.46. The standard InChI is InChI=1S/C45H62N10O16/c1-2-29(27-50(15-7-46-38(64)30-3-11-52(19-23-56)42(68)34(30)60)16-8-47-39(65)31-4-12-53(20-24-57)43(69)35(31)61)28-51(17-9-48-40(66)32-5-13-54(21-25-58)44(70)36(32)62)18-10-49-41(67)33-6-14-55(22-26-59)45(71)37(33)63/h3-6,11-14,29,56-63H,2,7-10,15-28H2,1H3,(H,46,64)(H,47,65)(H,48,66)(H,49,67). The highest BCUT2D eigenvalue weighted by molar-refractivity contribution is 5.98. The summed E-state index contributed by atoms with van der Waals surface area (Å²) in [6.07, 6.45) is 5.57. The Balaban J connectivity index is 1.53. The second-order valence-corrected chi connectivity index (χ2v) is 16.1. The topological polar surface area (TPSA) is 373 Å². The van der Waals surface area contributed by atoms with E-state index in [1.165, 1.54) is 49.1 Å². The average Bonchev–Trinajstić information content (AvgIpc) is 3.34. The van der Waals surface area contributed by atoms with Crippen LogP contribution in [0.15, 0.2) is 68.2 Å². The summed E-state index contributed by atoms with van der Waals surface area (Å²) in [5.41, 5.74) is -4.70. The van der Waals surface area contributed by atoms with Gasteiger partial charge in [0.15, 0.2) is 23.0 Å². The predicted octanol–water partition coefficient (Wildman–Crippen LogP) is -4.22. The second-order valence-electron chi connectivity index (χ2n) is 16.1. The number of hydrogen-bond acceptors (Lipinski definition) is 18. The van der Waals surface area contributed by atoms with Crippen LogP contribution in [0.25, 0.3) is 0 Å². The Morgan fingerprint density at radius 2 is 0.676 bits per heavy atom. The van der Waals surface area contributed by atoms with Gasteiger partial charge in [0.1, 0.15) is 0 Å². The molecule has 12 N–H and O–H groups in total. The average molecular weight is 999 g/mol. The fourth-order valence-electron chi connectivity index (χ4n) is 7.44. The van der Waals surface area contributed by atoms with Gasteiger partial charge in [0.2, 0.25) is 0 Å². The SMILES string of the molecule is CCC(CN(CCNC(=O)c1ccn(CCO)c(=O)c1O)CCNC(=O)c1ccn(CCO)c(=O)c1O)CN(CCNC(=O)c1ccn(CCO)c(=O)c1O)CCNC(=O)c1ccn(CCO)c(=O)c1O. The zero-order chi connectivity index (χ0) is 52.2. The molecule has 0 saturated heterocycles. The number of nitrogens with zero attached hydrogens (tertiary/aromatic N) is 6. The molecular formula is C45H62N10O16. The maximum Gasteiger partial charge on any atom is 0.293 e. The molecular weight excluding hydrogens is 937 g/mol. The summed E-state index contributed by atoms with van der Waals surface area (Å²) in [5.74, 6) is -6.52. The van der Waals surface area contributed by atoms with Gasteiger partial charge in [-0.2, -0.15) is 0 Å². The van der Waals surface area contributed by atoms with E-state index in [-0.39, 0.29) is 133 Å². The van der Waals surface area contributed by atoms with Crippen molar-refractivity contribution in [1.29, 1.82) is 0 Å². The van der Waals surface area contributed by atoms with Crippen molar-refractivity contribution in [3.63, 3.8) is 0 Å². The Morgan fingerprint density at radius 3 is 0.873 bits per heavy atom. The zero-order valence-electron chi connectivity index (χ0n) is 39.2. The summed E-state index contributed by atoms with van der Waals surface area (Å²) >= 11 is 0. The van der Waals surface area contributed by atoms with E-state index >= 15 is 0 Å². The monoisotopic (exact) mass is 998 g/mol. The molecule has 4 aromatic rings. The van der Waals surface area contributed by atoms with Gasteiger partial charge in [-0.3, -0.25) is 48.2 Å². The van der Waals surface area contributed by atoms with Gasteiger partial charge in [0, 0.05) is 116 Å². The number of aliphatic hydroxyl groups excluding tert-OH is 4. The van der Waals surface area contributed by atoms with Crippen molar-refractivity contribution in [1.82, 2.24) is 49.3 Å². The summed E-state index contributed by atoms with van der Waals surface area (Å²) in [6, 6.07) is 4.92. The molecule has 71 heavy (non-hydrogen) atoms. The molecule has 0 saturated carbocycles. The van der Waals surface area contributed by atoms with E-state index in [1.54, 1.807) is 0 Å². The minimum absolute atomic E-state index is 0.0250. The first-order chi connectivity index (χ1) is 34.0. The number of aromatic hydroxyl groups is 4. The van der Waals surface area contributed by atoms with Crippen LogP contribution in [-0.4, -0.2) is 184 Å². The number of hydrogen-bond donors (Lipinski definition) is 12. The number of rotatable bonds is 29. The smallest absolute Gasteiger partial charge is 0.293 e. The van der Waals surface area contributed by atoms with Gasteiger partial charge in [-0.15, -0.1) is 0 Å². The van der Waals surface area contributed by atoms with Gasteiger partial charge >= 0.3 is 0 Å². The molecule has 26 nitrogen and oxygen atoms in total. The van der Waals surface area contributed by atoms with E-state index in [9.17, 15) is 79.2 Å². The lowest BCUT2D eigenvalue weighted by Gasteiger charge is -2.31. The Labute approximate surface area is 405 Å². The van der Waals surface area contributed by atoms with E-state index in [1.807, 2.05) is 16.7 Å². The van der Waals surface area contributed by atoms with Gasteiger partial charge in [-0.25, -0.2) is 0 Å². The number of nitrogens with one attached hydrogen (secondary N) is 4. The van der Waals surface area contributed by atoms with Crippen LogP contribution in [0.4, 0.5) is 0 Å². The van der Waals surface area contributed by atoms with E-state index in [4.69, 9.17) is 0 Å². The highest BCUT2D eigenvalue weighted by Crippen LogP contribution is 2.15. The van der Waals surface area contributed by atoms with Crippen LogP contribution in [0.5, 0.6) is 23.0 Å². The molecule has 0 radical (unpaired) electrons. The third kappa shape index (κ3) is 15.3. The second kappa shape index (κ2) is 27.7. The lowest BCUT2D eigenvalue weighted by atomic mass is 10.0. The van der Waals surface area contributed by atoms with Gasteiger partial charge in [-0.05, 0) is 30.2 Å². The molecule has 0 aromatic carbocycles. The zero-order valence-corrected chi connectivity index (χ0v) is 39.2. The molecule has 0 aliphatic carbocycles. The van der Waals surface area contributed by atoms with Crippen molar-refractivity contribution in [2.45, 2.75) is 39.5 Å². The van der Waals surface area contributed by atoms with Gasteiger partial charge in [0.25, 0.3) is 45.9 Å². The van der Waals surface area contributed by atoms with Crippen molar-refractivity contribution in [3.8, 4) is 23.0 Å². The van der Waals surface area contributed by atoms with E-state index in [2.05, 4.69) is 21.3 Å². The Hall–Kier alpha value is -7.36. The molecule has 26 heteroatoms. The fourth-order valence-corrected chi connectivity index (χ4v) is 7.44. The van der Waals surface area contributed by atoms with Crippen molar-refractivity contribution in [2.24, 2.45) is 5.92 Å². The number of pyridine rings is 4. The molecule has 4 rings (SSSR count). The number of amides is 4. The summed E-state index contributed by atoms with van der Waals surface area (Å²) in [4.78, 5) is 107. The third-order valence-corrected chi connectivity index (χ3v) is 11.4. The molecule has 0 spiro atoms. The van der Waals surface area contributed by atoms with Crippen LogP contribution in [0.3, 0.4) is 0 Å². The largest absolute Gasteiger partial charge is 0.502 e. The molecule has 4 heterocycles. The number of carbonyl (C=O) groups excluding carboxylic acids is 4. The molecule has 4 aromatic heterocycles. The number of aromatic nitrogens is 4. The first-order valence-electron chi connectivity index (χ1n) is 22.7. The highest BCUT2D eigenvalue weighted by Gasteiger charge is 2.23. The first-order valence-corrected chi connectivity index (χ1v) is 22.7. The molecule has 388 valence electrons. The molecule has 0 atom stereocenters. The maximum atomic E-state index is 13.2. The molecule has 0 aliphatic rings. The fraction of sp³-hybridized carbons (Fsp3) is 0.467. The predicted molar refractivity (Wildman–Crippen MR) is 254 cm³/mol. The molecule has 0 fully saturated rings. The third-order valence-electron chi connectivity index (χ3n) is 11.4. The molecule has 0 unspecified atom stereocenters. The van der Waals surface area contributed by atoms with Crippen molar-refractivity contribution < 1.29 is 60.0 Å². The van der Waals surface area contributed by atoms with Crippen LogP contribution >= 0.6 is 0 Å².